The quantitative estimate of drug-likeness (QED) is 0.225. The topological polar surface area (TPSA) is 94.6 Å². The van der Waals surface area contributed by atoms with Gasteiger partial charge in [0.1, 0.15) is 0 Å². The summed E-state index contributed by atoms with van der Waals surface area (Å²) < 4.78 is 74.9. The molecule has 4 rings (SSSR count). The van der Waals surface area contributed by atoms with Crippen LogP contribution in [0, 0.1) is 0 Å². The summed E-state index contributed by atoms with van der Waals surface area (Å²) in [6.45, 7) is 3.65. The van der Waals surface area contributed by atoms with Gasteiger partial charge in [-0.1, -0.05) is 85.4 Å². The van der Waals surface area contributed by atoms with E-state index in [-0.39, 0.29) is 5.56 Å². The number of hydrogen-bond acceptors (Lipinski definition) is 6. The van der Waals surface area contributed by atoms with Crippen LogP contribution in [0.4, 0.5) is 4.39 Å². The average Bonchev–Trinajstić information content (AvgIpc) is 2.93. The Kier molecular flexibility index (Phi) is 7.03. The predicted molar refractivity (Wildman–Crippen MR) is 139 cm³/mol. The van der Waals surface area contributed by atoms with Crippen LogP contribution >= 0.6 is 0 Å². The Bertz CT molecular complexity index is 1610. The molecule has 0 saturated heterocycles. The molecule has 0 amide bonds. The van der Waals surface area contributed by atoms with Crippen molar-refractivity contribution >= 4 is 36.4 Å². The Labute approximate surface area is 214 Å². The maximum atomic E-state index is 17.9. The number of esters is 1. The van der Waals surface area contributed by atoms with Gasteiger partial charge in [0, 0.05) is 5.57 Å². The molecular weight excluding hydrogens is 515 g/mol. The minimum Gasteiger partial charge on any atom is -0.466 e. The van der Waals surface area contributed by atoms with Crippen LogP contribution in [0.3, 0.4) is 0 Å². The lowest BCUT2D eigenvalue weighted by molar-refractivity contribution is -0.136. The molecule has 0 fully saturated rings. The minimum atomic E-state index is -5.33. The Morgan fingerprint density at radius 2 is 1.22 bits per heavy atom. The van der Waals surface area contributed by atoms with Crippen LogP contribution in [0.1, 0.15) is 11.5 Å². The number of ether oxygens (including phenoxy) is 1. The number of halogens is 1. The van der Waals surface area contributed by atoms with Crippen LogP contribution < -0.4 is 0 Å². The Hall–Kier alpha value is -3.82. The van der Waals surface area contributed by atoms with E-state index in [4.69, 9.17) is 4.74 Å². The maximum Gasteiger partial charge on any atom is 0.333 e. The monoisotopic (exact) mass is 538 g/mol. The summed E-state index contributed by atoms with van der Waals surface area (Å²) in [7, 11) is -9.65. The van der Waals surface area contributed by atoms with Crippen LogP contribution in [0.15, 0.2) is 125 Å². The number of carbonyl (C=O) groups excluding carboxylic acids is 1. The zero-order valence-electron chi connectivity index (χ0n) is 19.7. The predicted octanol–water partition coefficient (Wildman–Crippen LogP) is 5.22. The smallest absolute Gasteiger partial charge is 0.333 e. The average molecular weight is 539 g/mol. The first-order valence-corrected chi connectivity index (χ1v) is 14.1. The summed E-state index contributed by atoms with van der Waals surface area (Å²) in [6, 6.07) is 24.1. The molecular formula is C28H23FO6S2. The number of sulfone groups is 2. The van der Waals surface area contributed by atoms with Crippen molar-refractivity contribution in [3.63, 3.8) is 0 Å². The van der Waals surface area contributed by atoms with E-state index in [2.05, 4.69) is 6.58 Å². The van der Waals surface area contributed by atoms with Crippen LogP contribution in [0.5, 0.6) is 0 Å². The number of fused-ring (bicyclic) bond motifs is 1. The van der Waals surface area contributed by atoms with Crippen LogP contribution in [0.25, 0.3) is 10.8 Å². The molecule has 9 heteroatoms. The fraction of sp³-hybridized carbons (Fsp3) is 0.107. The molecule has 37 heavy (non-hydrogen) atoms. The third-order valence-corrected chi connectivity index (χ3v) is 11.2. The van der Waals surface area contributed by atoms with E-state index in [1.54, 1.807) is 30.3 Å². The van der Waals surface area contributed by atoms with E-state index in [9.17, 15) is 21.6 Å². The highest BCUT2D eigenvalue weighted by Gasteiger charge is 2.64. The highest BCUT2D eigenvalue weighted by Crippen LogP contribution is 2.51. The molecule has 0 radical (unpaired) electrons. The molecule has 0 bridgehead atoms. The van der Waals surface area contributed by atoms with Gasteiger partial charge < -0.3 is 4.74 Å². The first-order valence-electron chi connectivity index (χ1n) is 11.1. The number of alkyl halides is 1. The van der Waals surface area contributed by atoms with Crippen molar-refractivity contribution in [3.8, 4) is 0 Å². The van der Waals surface area contributed by atoms with Crippen molar-refractivity contribution in [2.24, 2.45) is 0 Å². The number of carbonyl (C=O) groups is 1. The van der Waals surface area contributed by atoms with Crippen molar-refractivity contribution in [2.45, 2.75) is 20.0 Å². The van der Waals surface area contributed by atoms with Gasteiger partial charge >= 0.3 is 10.3 Å². The summed E-state index contributed by atoms with van der Waals surface area (Å²) in [5, 5.41) is 0.938. The second-order valence-corrected chi connectivity index (χ2v) is 12.6. The number of benzene rings is 4. The summed E-state index contributed by atoms with van der Waals surface area (Å²) in [5.74, 6) is -3.33. The van der Waals surface area contributed by atoms with Gasteiger partial charge in [0.25, 0.3) is 0 Å². The first-order chi connectivity index (χ1) is 17.6. The normalized spacial score (nSPS) is 13.1. The second kappa shape index (κ2) is 9.91. The summed E-state index contributed by atoms with van der Waals surface area (Å²) in [6.07, 6.45) is 0. The maximum absolute atomic E-state index is 17.9. The van der Waals surface area contributed by atoms with Crippen LogP contribution in [0.2, 0.25) is 0 Å². The molecule has 190 valence electrons. The van der Waals surface area contributed by atoms with E-state index < -0.39 is 51.3 Å². The van der Waals surface area contributed by atoms with Crippen LogP contribution in [-0.2, 0) is 29.2 Å². The molecule has 6 nitrogen and oxygen atoms in total. The molecule has 0 spiro atoms. The number of rotatable bonds is 8. The van der Waals surface area contributed by atoms with Gasteiger partial charge in [-0.2, -0.15) is 0 Å². The van der Waals surface area contributed by atoms with E-state index in [1.165, 1.54) is 48.5 Å². The number of methoxy groups -OCH3 is 1. The van der Waals surface area contributed by atoms with Gasteiger partial charge in [-0.25, -0.2) is 26.0 Å². The minimum absolute atomic E-state index is 0.0463. The van der Waals surface area contributed by atoms with Crippen LogP contribution in [-0.4, -0.2) is 34.2 Å². The molecule has 4 aromatic rings. The molecule has 0 aliphatic rings. The highest BCUT2D eigenvalue weighted by molar-refractivity contribution is 8.10. The first kappa shape index (κ1) is 26.2. The molecule has 0 saturated carbocycles. The van der Waals surface area contributed by atoms with E-state index in [0.717, 1.165) is 31.4 Å². The highest BCUT2D eigenvalue weighted by atomic mass is 32.3. The summed E-state index contributed by atoms with van der Waals surface area (Å²) >= 11 is 0. The molecule has 0 aliphatic heterocycles. The standard InChI is InChI=1S/C28H23FO6S2/c1-20(27(30)35-2)26(25-19-11-13-21-12-9-10-18-24(21)25)28(29,36(31,32)22-14-5-3-6-15-22)37(33,34)23-16-7-4-8-17-23/h3-19,26H,1H2,2H3/t26-/m0/s1. The SMILES string of the molecule is C=C(C(=O)OC)[C@@H](c1cccc2ccccc12)C(F)(S(=O)(=O)c1ccccc1)S(=O)(=O)c1ccccc1. The van der Waals surface area contributed by atoms with Gasteiger partial charge in [0.05, 0.1) is 22.8 Å². The van der Waals surface area contributed by atoms with Gasteiger partial charge in [-0.15, -0.1) is 0 Å². The lowest BCUT2D eigenvalue weighted by Gasteiger charge is -2.34. The van der Waals surface area contributed by atoms with E-state index in [1.807, 2.05) is 0 Å². The van der Waals surface area contributed by atoms with E-state index in [0.29, 0.717) is 10.8 Å². The van der Waals surface area contributed by atoms with Crippen molar-refractivity contribution in [1.82, 2.24) is 0 Å². The van der Waals surface area contributed by atoms with Gasteiger partial charge in [0.2, 0.25) is 19.7 Å². The van der Waals surface area contributed by atoms with Crippen molar-refractivity contribution in [3.05, 3.63) is 121 Å². The van der Waals surface area contributed by atoms with Gasteiger partial charge in [-0.3, -0.25) is 0 Å². The van der Waals surface area contributed by atoms with Gasteiger partial charge in [-0.05, 0) is 40.6 Å². The molecule has 0 heterocycles. The fourth-order valence-corrected chi connectivity index (χ4v) is 8.87. The zero-order chi connectivity index (χ0) is 26.8. The summed E-state index contributed by atoms with van der Waals surface area (Å²) in [4.78, 5) is 11.6. The zero-order valence-corrected chi connectivity index (χ0v) is 21.4. The third-order valence-electron chi connectivity index (χ3n) is 6.12. The Morgan fingerprint density at radius 1 is 0.757 bits per heavy atom. The molecule has 0 aliphatic carbocycles. The van der Waals surface area contributed by atoms with Crippen molar-refractivity contribution < 1.29 is 30.8 Å². The third kappa shape index (κ3) is 4.24. The molecule has 0 unspecified atom stereocenters. The lowest BCUT2D eigenvalue weighted by atomic mass is 9.88. The largest absolute Gasteiger partial charge is 0.466 e. The van der Waals surface area contributed by atoms with E-state index >= 15 is 4.39 Å². The lowest BCUT2D eigenvalue weighted by Crippen LogP contribution is -2.49. The van der Waals surface area contributed by atoms with Gasteiger partial charge in [0.15, 0.2) is 0 Å². The fourth-order valence-electron chi connectivity index (χ4n) is 4.31. The summed E-state index contributed by atoms with van der Waals surface area (Å²) in [5.41, 5.74) is -0.713. The molecule has 4 aromatic carbocycles. The molecule has 0 aromatic heterocycles. The Morgan fingerprint density at radius 3 is 1.73 bits per heavy atom. The Balaban J connectivity index is 2.18. The second-order valence-electron chi connectivity index (χ2n) is 8.23. The molecule has 1 atom stereocenters. The number of hydrogen-bond donors (Lipinski definition) is 0. The van der Waals surface area contributed by atoms with Crippen molar-refractivity contribution in [1.29, 1.82) is 0 Å². The molecule has 0 N–H and O–H groups in total. The van der Waals surface area contributed by atoms with Crippen molar-refractivity contribution in [2.75, 3.05) is 7.11 Å².